The van der Waals surface area contributed by atoms with E-state index in [9.17, 15) is 22.8 Å². The molecule has 0 bridgehead atoms. The van der Waals surface area contributed by atoms with Gasteiger partial charge in [-0.15, -0.1) is 13.2 Å². The molecule has 1 spiro atoms. The van der Waals surface area contributed by atoms with Gasteiger partial charge in [-0.3, -0.25) is 14.7 Å². The van der Waals surface area contributed by atoms with Gasteiger partial charge in [-0.2, -0.15) is 5.10 Å². The number of hydrogen-bond acceptors (Lipinski definition) is 5. The smallest absolute Gasteiger partial charge is 0.467 e. The maximum Gasteiger partial charge on any atom is 0.573 e. The molecule has 2 aromatic carbocycles. The van der Waals surface area contributed by atoms with Crippen molar-refractivity contribution in [2.45, 2.75) is 24.9 Å². The number of H-pyrrole nitrogens is 1. The molecule has 2 aliphatic heterocycles. The number of carbonyl (C=O) groups excluding carboxylic acids is 2. The first-order valence-electron chi connectivity index (χ1n) is 9.85. The SMILES string of the molecule is O=C1NC2(CCN(C(=O)c3ccc4[nH]ncc4c3)CC2)Oc2ccc(OC(F)(F)F)cc21. The highest BCUT2D eigenvalue weighted by atomic mass is 19.4. The highest BCUT2D eigenvalue weighted by Gasteiger charge is 2.43. The molecule has 0 aliphatic carbocycles. The van der Waals surface area contributed by atoms with Gasteiger partial charge in [0.2, 0.25) is 0 Å². The minimum Gasteiger partial charge on any atom is -0.467 e. The summed E-state index contributed by atoms with van der Waals surface area (Å²) in [6, 6.07) is 8.66. The molecule has 11 heteroatoms. The van der Waals surface area contributed by atoms with Crippen LogP contribution in [-0.4, -0.2) is 52.1 Å². The van der Waals surface area contributed by atoms with Gasteiger partial charge in [0.15, 0.2) is 5.72 Å². The summed E-state index contributed by atoms with van der Waals surface area (Å²) in [4.78, 5) is 27.2. The van der Waals surface area contributed by atoms with Crippen LogP contribution in [0.25, 0.3) is 10.9 Å². The summed E-state index contributed by atoms with van der Waals surface area (Å²) in [5.74, 6) is -1.02. The molecule has 1 aromatic heterocycles. The first-order valence-corrected chi connectivity index (χ1v) is 9.85. The Labute approximate surface area is 179 Å². The van der Waals surface area contributed by atoms with Crippen LogP contribution in [0, 0.1) is 0 Å². The molecule has 2 amide bonds. The molecule has 5 rings (SSSR count). The van der Waals surface area contributed by atoms with Crippen molar-refractivity contribution in [2.75, 3.05) is 13.1 Å². The molecular weight excluding hydrogens is 429 g/mol. The highest BCUT2D eigenvalue weighted by Crippen LogP contribution is 2.36. The van der Waals surface area contributed by atoms with Crippen molar-refractivity contribution in [3.05, 3.63) is 53.7 Å². The first kappa shape index (κ1) is 20.2. The number of ether oxygens (including phenoxy) is 2. The van der Waals surface area contributed by atoms with Gasteiger partial charge in [0.1, 0.15) is 11.5 Å². The van der Waals surface area contributed by atoms with Crippen molar-refractivity contribution < 1.29 is 32.2 Å². The molecule has 1 saturated heterocycles. The van der Waals surface area contributed by atoms with Crippen molar-refractivity contribution in [1.82, 2.24) is 20.4 Å². The molecular formula is C21H17F3N4O4. The van der Waals surface area contributed by atoms with Gasteiger partial charge in [0.05, 0.1) is 17.3 Å². The maximum absolute atomic E-state index is 12.9. The summed E-state index contributed by atoms with van der Waals surface area (Å²) < 4.78 is 47.2. The average Bonchev–Trinajstić information content (AvgIpc) is 3.21. The third kappa shape index (κ3) is 3.70. The lowest BCUT2D eigenvalue weighted by molar-refractivity contribution is -0.274. The van der Waals surface area contributed by atoms with Crippen LogP contribution in [0.3, 0.4) is 0 Å². The number of aromatic amines is 1. The fourth-order valence-corrected chi connectivity index (χ4v) is 4.04. The molecule has 3 heterocycles. The summed E-state index contributed by atoms with van der Waals surface area (Å²) in [5, 5.41) is 10.4. The molecule has 0 saturated carbocycles. The zero-order chi connectivity index (χ0) is 22.5. The average molecular weight is 446 g/mol. The van der Waals surface area contributed by atoms with E-state index in [4.69, 9.17) is 4.74 Å². The molecule has 0 radical (unpaired) electrons. The van der Waals surface area contributed by atoms with Crippen LogP contribution in [-0.2, 0) is 0 Å². The summed E-state index contributed by atoms with van der Waals surface area (Å²) in [6.45, 7) is 0.681. The molecule has 0 atom stereocenters. The van der Waals surface area contributed by atoms with E-state index in [1.165, 1.54) is 6.07 Å². The Morgan fingerprint density at radius 3 is 2.69 bits per heavy atom. The number of halogens is 3. The third-order valence-corrected chi connectivity index (χ3v) is 5.62. The lowest BCUT2D eigenvalue weighted by Crippen LogP contribution is -2.61. The van der Waals surface area contributed by atoms with Gasteiger partial charge in [-0.1, -0.05) is 0 Å². The van der Waals surface area contributed by atoms with E-state index in [1.807, 2.05) is 0 Å². The maximum atomic E-state index is 12.9. The Balaban J connectivity index is 1.29. The quantitative estimate of drug-likeness (QED) is 0.630. The zero-order valence-corrected chi connectivity index (χ0v) is 16.5. The fraction of sp³-hybridized carbons (Fsp3) is 0.286. The van der Waals surface area contributed by atoms with Crippen molar-refractivity contribution in [3.8, 4) is 11.5 Å². The molecule has 2 aliphatic rings. The first-order chi connectivity index (χ1) is 15.2. The summed E-state index contributed by atoms with van der Waals surface area (Å²) in [7, 11) is 0. The predicted molar refractivity (Wildman–Crippen MR) is 105 cm³/mol. The fourth-order valence-electron chi connectivity index (χ4n) is 4.04. The summed E-state index contributed by atoms with van der Waals surface area (Å²) in [6.07, 6.45) is -2.55. The number of rotatable bonds is 2. The molecule has 32 heavy (non-hydrogen) atoms. The van der Waals surface area contributed by atoms with E-state index in [-0.39, 0.29) is 17.2 Å². The van der Waals surface area contributed by atoms with E-state index >= 15 is 0 Å². The van der Waals surface area contributed by atoms with E-state index in [1.54, 1.807) is 29.3 Å². The number of fused-ring (bicyclic) bond motifs is 2. The van der Waals surface area contributed by atoms with E-state index in [0.29, 0.717) is 31.5 Å². The van der Waals surface area contributed by atoms with Gasteiger partial charge in [-0.25, -0.2) is 0 Å². The number of carbonyl (C=O) groups is 2. The van der Waals surface area contributed by atoms with Crippen molar-refractivity contribution in [3.63, 3.8) is 0 Å². The van der Waals surface area contributed by atoms with Gasteiger partial charge in [-0.05, 0) is 36.4 Å². The second-order valence-electron chi connectivity index (χ2n) is 7.72. The normalized spacial score (nSPS) is 17.6. The predicted octanol–water partition coefficient (Wildman–Crippen LogP) is 3.22. The third-order valence-electron chi connectivity index (χ3n) is 5.62. The summed E-state index contributed by atoms with van der Waals surface area (Å²) >= 11 is 0. The van der Waals surface area contributed by atoms with E-state index < -0.39 is 23.7 Å². The number of alkyl halides is 3. The minimum absolute atomic E-state index is 0.0377. The number of nitrogens with zero attached hydrogens (tertiary/aromatic N) is 2. The monoisotopic (exact) mass is 446 g/mol. The molecule has 2 N–H and O–H groups in total. The Morgan fingerprint density at radius 1 is 1.16 bits per heavy atom. The second kappa shape index (κ2) is 7.14. The van der Waals surface area contributed by atoms with E-state index in [2.05, 4.69) is 20.3 Å². The number of hydrogen-bond donors (Lipinski definition) is 2. The van der Waals surface area contributed by atoms with Gasteiger partial charge in [0.25, 0.3) is 11.8 Å². The van der Waals surface area contributed by atoms with Gasteiger partial charge < -0.3 is 19.7 Å². The lowest BCUT2D eigenvalue weighted by Gasteiger charge is -2.44. The van der Waals surface area contributed by atoms with Crippen LogP contribution in [0.4, 0.5) is 13.2 Å². The largest absolute Gasteiger partial charge is 0.573 e. The van der Waals surface area contributed by atoms with Crippen molar-refractivity contribution in [1.29, 1.82) is 0 Å². The molecule has 0 unspecified atom stereocenters. The topological polar surface area (TPSA) is 96.6 Å². The Bertz CT molecular complexity index is 1220. The van der Waals surface area contributed by atoms with Crippen molar-refractivity contribution in [2.24, 2.45) is 0 Å². The van der Waals surface area contributed by atoms with Crippen LogP contribution >= 0.6 is 0 Å². The number of likely N-dealkylation sites (tertiary alicyclic amines) is 1. The van der Waals surface area contributed by atoms with E-state index in [0.717, 1.165) is 23.0 Å². The standard InChI is InChI=1S/C21H17F3N4O4/c22-21(23,24)31-14-2-4-17-15(10-14)18(29)26-20(32-17)5-7-28(8-6-20)19(30)12-1-3-16-13(9-12)11-25-27-16/h1-4,9-11H,5-8H2,(H,25,27)(H,26,29). The van der Waals surface area contributed by atoms with Crippen LogP contribution in [0.15, 0.2) is 42.6 Å². The van der Waals surface area contributed by atoms with Gasteiger partial charge in [0, 0.05) is 36.9 Å². The van der Waals surface area contributed by atoms with Gasteiger partial charge >= 0.3 is 6.36 Å². The number of amides is 2. The highest BCUT2D eigenvalue weighted by molar-refractivity contribution is 5.99. The van der Waals surface area contributed by atoms with Crippen LogP contribution in [0.5, 0.6) is 11.5 Å². The van der Waals surface area contributed by atoms with Crippen LogP contribution in [0.2, 0.25) is 0 Å². The number of piperidine rings is 1. The minimum atomic E-state index is -4.86. The zero-order valence-electron chi connectivity index (χ0n) is 16.5. The molecule has 3 aromatic rings. The number of benzene rings is 2. The molecule has 166 valence electrons. The summed E-state index contributed by atoms with van der Waals surface area (Å²) in [5.41, 5.74) is 0.303. The van der Waals surface area contributed by atoms with Crippen molar-refractivity contribution >= 4 is 22.7 Å². The Morgan fingerprint density at radius 2 is 1.94 bits per heavy atom. The Hall–Kier alpha value is -3.76. The van der Waals surface area contributed by atoms with Crippen LogP contribution in [0.1, 0.15) is 33.6 Å². The second-order valence-corrected chi connectivity index (χ2v) is 7.72. The van der Waals surface area contributed by atoms with Crippen LogP contribution < -0.4 is 14.8 Å². The molecule has 1 fully saturated rings. The number of aromatic nitrogens is 2. The Kier molecular flexibility index (Phi) is 4.50. The number of nitrogens with one attached hydrogen (secondary N) is 2. The lowest BCUT2D eigenvalue weighted by atomic mass is 9.96. The molecule has 8 nitrogen and oxygen atoms in total.